The lowest BCUT2D eigenvalue weighted by Crippen LogP contribution is -2.50. The lowest BCUT2D eigenvalue weighted by atomic mass is 9.78. The maximum absolute atomic E-state index is 13.2. The predicted octanol–water partition coefficient (Wildman–Crippen LogP) is 1.47. The number of likely N-dealkylation sites (tertiary alicyclic amines) is 2. The number of rotatable bonds is 3. The highest BCUT2D eigenvalue weighted by Gasteiger charge is 2.49. The number of aryl methyl sites for hydroxylation is 1. The molecule has 1 atom stereocenters. The SMILES string of the molecule is Cn1nccc1C(=O)N1CCC[C@@]2(CCN(Cc3ccncc3)C2=O)C1. The van der Waals surface area contributed by atoms with E-state index in [9.17, 15) is 9.59 Å². The highest BCUT2D eigenvalue weighted by molar-refractivity contribution is 5.93. The van der Waals surface area contributed by atoms with Crippen molar-refractivity contribution in [1.82, 2.24) is 24.6 Å². The topological polar surface area (TPSA) is 71.3 Å². The molecule has 4 heterocycles. The van der Waals surface area contributed by atoms with Crippen LogP contribution >= 0.6 is 0 Å². The minimum absolute atomic E-state index is 0.0375. The van der Waals surface area contributed by atoms with Crippen LogP contribution in [-0.2, 0) is 18.4 Å². The summed E-state index contributed by atoms with van der Waals surface area (Å²) < 4.78 is 1.59. The molecule has 2 saturated heterocycles. The van der Waals surface area contributed by atoms with E-state index in [4.69, 9.17) is 0 Å². The summed E-state index contributed by atoms with van der Waals surface area (Å²) in [7, 11) is 1.77. The van der Waals surface area contributed by atoms with Gasteiger partial charge in [0.2, 0.25) is 5.91 Å². The second kappa shape index (κ2) is 6.55. The van der Waals surface area contributed by atoms with Crippen molar-refractivity contribution in [3.8, 4) is 0 Å². The van der Waals surface area contributed by atoms with E-state index in [0.29, 0.717) is 25.3 Å². The molecule has 0 aliphatic carbocycles. The van der Waals surface area contributed by atoms with E-state index in [1.54, 1.807) is 36.4 Å². The Morgan fingerprint density at radius 3 is 2.69 bits per heavy atom. The molecule has 26 heavy (non-hydrogen) atoms. The highest BCUT2D eigenvalue weighted by Crippen LogP contribution is 2.41. The normalized spacial score (nSPS) is 23.0. The number of carbonyl (C=O) groups is 2. The molecule has 0 aromatic carbocycles. The van der Waals surface area contributed by atoms with E-state index in [2.05, 4.69) is 10.1 Å². The minimum Gasteiger partial charge on any atom is -0.338 e. The first-order valence-electron chi connectivity index (χ1n) is 9.05. The summed E-state index contributed by atoms with van der Waals surface area (Å²) in [4.78, 5) is 33.8. The van der Waals surface area contributed by atoms with Crippen LogP contribution in [0.4, 0.5) is 0 Å². The Bertz CT molecular complexity index is 818. The smallest absolute Gasteiger partial charge is 0.272 e. The Morgan fingerprint density at radius 1 is 1.15 bits per heavy atom. The van der Waals surface area contributed by atoms with Crippen molar-refractivity contribution < 1.29 is 9.59 Å². The Morgan fingerprint density at radius 2 is 1.96 bits per heavy atom. The maximum atomic E-state index is 13.2. The van der Waals surface area contributed by atoms with Crippen molar-refractivity contribution in [2.24, 2.45) is 12.5 Å². The van der Waals surface area contributed by atoms with Crippen LogP contribution < -0.4 is 0 Å². The average molecular weight is 353 g/mol. The fourth-order valence-corrected chi connectivity index (χ4v) is 4.18. The van der Waals surface area contributed by atoms with Gasteiger partial charge < -0.3 is 9.80 Å². The van der Waals surface area contributed by atoms with Gasteiger partial charge in [-0.05, 0) is 43.0 Å². The molecule has 2 aromatic heterocycles. The van der Waals surface area contributed by atoms with E-state index in [0.717, 1.165) is 31.4 Å². The molecule has 1 spiro atoms. The van der Waals surface area contributed by atoms with Gasteiger partial charge in [-0.1, -0.05) is 0 Å². The molecule has 2 amide bonds. The summed E-state index contributed by atoms with van der Waals surface area (Å²) in [6.07, 6.45) is 7.66. The number of hydrogen-bond donors (Lipinski definition) is 0. The molecule has 2 aromatic rings. The molecule has 0 unspecified atom stereocenters. The van der Waals surface area contributed by atoms with Crippen LogP contribution in [0, 0.1) is 5.41 Å². The zero-order valence-electron chi connectivity index (χ0n) is 15.0. The lowest BCUT2D eigenvalue weighted by molar-refractivity contribution is -0.138. The number of amides is 2. The van der Waals surface area contributed by atoms with E-state index in [-0.39, 0.29) is 11.8 Å². The van der Waals surface area contributed by atoms with E-state index in [1.807, 2.05) is 21.9 Å². The van der Waals surface area contributed by atoms with Crippen molar-refractivity contribution in [2.45, 2.75) is 25.8 Å². The maximum Gasteiger partial charge on any atom is 0.272 e. The van der Waals surface area contributed by atoms with Crippen LogP contribution in [0.2, 0.25) is 0 Å². The second-order valence-electron chi connectivity index (χ2n) is 7.28. The lowest BCUT2D eigenvalue weighted by Gasteiger charge is -2.39. The summed E-state index contributed by atoms with van der Waals surface area (Å²) in [6, 6.07) is 5.62. The zero-order valence-corrected chi connectivity index (χ0v) is 15.0. The minimum atomic E-state index is -0.431. The summed E-state index contributed by atoms with van der Waals surface area (Å²) in [6.45, 7) is 2.56. The van der Waals surface area contributed by atoms with Gasteiger partial charge in [0.05, 0.1) is 5.41 Å². The van der Waals surface area contributed by atoms with Gasteiger partial charge in [0.1, 0.15) is 5.69 Å². The molecule has 2 fully saturated rings. The number of pyridine rings is 1. The first kappa shape index (κ1) is 16.8. The molecule has 0 N–H and O–H groups in total. The van der Waals surface area contributed by atoms with Crippen molar-refractivity contribution in [3.05, 3.63) is 48.0 Å². The summed E-state index contributed by atoms with van der Waals surface area (Å²) in [5, 5.41) is 4.08. The molecule has 2 aliphatic heterocycles. The van der Waals surface area contributed by atoms with Gasteiger partial charge in [-0.2, -0.15) is 5.10 Å². The third-order valence-electron chi connectivity index (χ3n) is 5.63. The summed E-state index contributed by atoms with van der Waals surface area (Å²) in [5.41, 5.74) is 1.23. The van der Waals surface area contributed by atoms with Crippen LogP contribution in [0.15, 0.2) is 36.8 Å². The molecule has 2 aliphatic rings. The number of hydrogen-bond acceptors (Lipinski definition) is 4. The van der Waals surface area contributed by atoms with Gasteiger partial charge in [-0.25, -0.2) is 0 Å². The fourth-order valence-electron chi connectivity index (χ4n) is 4.18. The van der Waals surface area contributed by atoms with Crippen LogP contribution in [0.1, 0.15) is 35.3 Å². The van der Waals surface area contributed by atoms with Gasteiger partial charge in [-0.15, -0.1) is 0 Å². The molecule has 0 bridgehead atoms. The molecule has 7 nitrogen and oxygen atoms in total. The van der Waals surface area contributed by atoms with E-state index in [1.165, 1.54) is 0 Å². The Labute approximate surface area is 152 Å². The summed E-state index contributed by atoms with van der Waals surface area (Å²) >= 11 is 0. The van der Waals surface area contributed by atoms with Crippen molar-refractivity contribution >= 4 is 11.8 Å². The van der Waals surface area contributed by atoms with Crippen molar-refractivity contribution in [3.63, 3.8) is 0 Å². The van der Waals surface area contributed by atoms with Gasteiger partial charge in [0, 0.05) is 51.8 Å². The first-order chi connectivity index (χ1) is 12.6. The van der Waals surface area contributed by atoms with Crippen LogP contribution in [0.3, 0.4) is 0 Å². The van der Waals surface area contributed by atoms with Crippen LogP contribution in [0.5, 0.6) is 0 Å². The van der Waals surface area contributed by atoms with Gasteiger partial charge in [-0.3, -0.25) is 19.3 Å². The molecule has 4 rings (SSSR count). The number of nitrogens with zero attached hydrogens (tertiary/aromatic N) is 5. The molecular formula is C19H23N5O2. The number of piperidine rings is 1. The van der Waals surface area contributed by atoms with E-state index >= 15 is 0 Å². The second-order valence-corrected chi connectivity index (χ2v) is 7.28. The zero-order chi connectivity index (χ0) is 18.1. The molecular weight excluding hydrogens is 330 g/mol. The number of aromatic nitrogens is 3. The molecule has 136 valence electrons. The average Bonchev–Trinajstić information content (AvgIpc) is 3.21. The number of carbonyl (C=O) groups excluding carboxylic acids is 2. The Kier molecular flexibility index (Phi) is 4.22. The quantitative estimate of drug-likeness (QED) is 0.838. The summed E-state index contributed by atoms with van der Waals surface area (Å²) in [5.74, 6) is 0.140. The molecule has 7 heteroatoms. The Balaban J connectivity index is 1.49. The van der Waals surface area contributed by atoms with Crippen LogP contribution in [-0.4, -0.2) is 56.0 Å². The van der Waals surface area contributed by atoms with Crippen LogP contribution in [0.25, 0.3) is 0 Å². The highest BCUT2D eigenvalue weighted by atomic mass is 16.2. The monoisotopic (exact) mass is 353 g/mol. The van der Waals surface area contributed by atoms with Crippen molar-refractivity contribution in [2.75, 3.05) is 19.6 Å². The van der Waals surface area contributed by atoms with Gasteiger partial charge >= 0.3 is 0 Å². The largest absolute Gasteiger partial charge is 0.338 e. The van der Waals surface area contributed by atoms with Gasteiger partial charge in [0.25, 0.3) is 5.91 Å². The molecule has 0 saturated carbocycles. The van der Waals surface area contributed by atoms with Gasteiger partial charge in [0.15, 0.2) is 0 Å². The molecule has 0 radical (unpaired) electrons. The third-order valence-corrected chi connectivity index (χ3v) is 5.63. The third kappa shape index (κ3) is 2.87. The fraction of sp³-hybridized carbons (Fsp3) is 0.474. The predicted molar refractivity (Wildman–Crippen MR) is 95.0 cm³/mol. The standard InChI is InChI=1S/C19H23N5O2/c1-22-16(5-10-21-22)17(25)24-11-2-6-19(14-24)7-12-23(18(19)26)13-15-3-8-20-9-4-15/h3-5,8-10H,2,6-7,11-14H2,1H3/t19-/m1/s1. The first-order valence-corrected chi connectivity index (χ1v) is 9.05. The van der Waals surface area contributed by atoms with Crippen molar-refractivity contribution in [1.29, 1.82) is 0 Å². The van der Waals surface area contributed by atoms with E-state index < -0.39 is 5.41 Å². The Hall–Kier alpha value is -2.70.